The Morgan fingerprint density at radius 3 is 2.10 bits per heavy atom. The lowest BCUT2D eigenvalue weighted by atomic mass is 9.80. The van der Waals surface area contributed by atoms with Gasteiger partial charge in [-0.25, -0.2) is 4.39 Å². The third-order valence-corrected chi connectivity index (χ3v) is 6.34. The van der Waals surface area contributed by atoms with E-state index in [9.17, 15) is 42.0 Å². The smallest absolute Gasteiger partial charge is 0.423 e. The van der Waals surface area contributed by atoms with E-state index in [0.29, 0.717) is 5.56 Å². The Kier molecular flexibility index (Phi) is 13.3. The standard InChI is InChI=1S/C26H35BF4N6O5/c28-20-15-18(6-7-19(20)27(41)42)35-25(40)22(9-3-16-1-4-17(5-2-16)26(29,30)31)36-24(39)21(34)8-10-23(38)37(13-11-32)14-12-33/h1-2,4-7,15,21-22,41-42H,3,8-14,32-34H2,(H,35,40)(H,36,39). The number of hydrogen-bond acceptors (Lipinski definition) is 8. The van der Waals surface area contributed by atoms with Gasteiger partial charge in [0.05, 0.1) is 11.6 Å². The Morgan fingerprint density at radius 2 is 1.57 bits per heavy atom. The fourth-order valence-corrected chi connectivity index (χ4v) is 4.00. The van der Waals surface area contributed by atoms with Crippen LogP contribution in [0.15, 0.2) is 42.5 Å². The molecule has 0 aliphatic rings. The van der Waals surface area contributed by atoms with Crippen molar-refractivity contribution in [1.82, 2.24) is 10.2 Å². The third kappa shape index (κ3) is 10.7. The molecule has 2 atom stereocenters. The first-order chi connectivity index (χ1) is 19.8. The first kappa shape index (κ1) is 34.6. The number of alkyl halides is 3. The molecule has 2 aromatic rings. The van der Waals surface area contributed by atoms with Gasteiger partial charge in [0, 0.05) is 43.8 Å². The maximum Gasteiger partial charge on any atom is 0.491 e. The number of rotatable bonds is 15. The third-order valence-electron chi connectivity index (χ3n) is 6.34. The van der Waals surface area contributed by atoms with Gasteiger partial charge in [-0.15, -0.1) is 0 Å². The van der Waals surface area contributed by atoms with E-state index in [4.69, 9.17) is 17.2 Å². The van der Waals surface area contributed by atoms with Crippen molar-refractivity contribution in [1.29, 1.82) is 0 Å². The summed E-state index contributed by atoms with van der Waals surface area (Å²) in [4.78, 5) is 39.9. The molecular weight excluding hydrogens is 563 g/mol. The Hall–Kier alpha value is -3.57. The summed E-state index contributed by atoms with van der Waals surface area (Å²) in [7, 11) is -2.07. The highest BCUT2D eigenvalue weighted by Crippen LogP contribution is 2.29. The lowest BCUT2D eigenvalue weighted by Crippen LogP contribution is -2.50. The van der Waals surface area contributed by atoms with Crippen molar-refractivity contribution in [3.8, 4) is 0 Å². The van der Waals surface area contributed by atoms with Crippen LogP contribution in [0.4, 0.5) is 23.2 Å². The molecule has 230 valence electrons. The van der Waals surface area contributed by atoms with Gasteiger partial charge < -0.3 is 42.8 Å². The Labute approximate surface area is 240 Å². The van der Waals surface area contributed by atoms with Crippen molar-refractivity contribution in [2.24, 2.45) is 17.2 Å². The fourth-order valence-electron chi connectivity index (χ4n) is 4.00. The molecule has 0 radical (unpaired) electrons. The van der Waals surface area contributed by atoms with Gasteiger partial charge in [0.15, 0.2) is 0 Å². The van der Waals surface area contributed by atoms with Crippen LogP contribution in [0.1, 0.15) is 30.4 Å². The molecule has 16 heteroatoms. The predicted molar refractivity (Wildman–Crippen MR) is 148 cm³/mol. The lowest BCUT2D eigenvalue weighted by Gasteiger charge is -2.23. The van der Waals surface area contributed by atoms with Crippen LogP contribution in [0.5, 0.6) is 0 Å². The van der Waals surface area contributed by atoms with Crippen LogP contribution >= 0.6 is 0 Å². The lowest BCUT2D eigenvalue weighted by molar-refractivity contribution is -0.137. The SMILES string of the molecule is NCCN(CCN)C(=O)CCC(N)C(=O)NC(CCc1ccc(C(F)(F)F)cc1)C(=O)Nc1ccc(B(O)O)c(F)c1. The molecule has 2 rings (SSSR count). The number of benzene rings is 2. The number of carbonyl (C=O) groups is 3. The molecule has 0 aliphatic carbocycles. The van der Waals surface area contributed by atoms with E-state index in [2.05, 4.69) is 10.6 Å². The van der Waals surface area contributed by atoms with Crippen LogP contribution in [-0.2, 0) is 27.0 Å². The first-order valence-corrected chi connectivity index (χ1v) is 13.1. The second-order valence-electron chi connectivity index (χ2n) is 9.50. The molecule has 0 aliphatic heterocycles. The molecule has 0 aromatic heterocycles. The van der Waals surface area contributed by atoms with E-state index in [1.54, 1.807) is 0 Å². The molecule has 0 heterocycles. The maximum absolute atomic E-state index is 14.2. The van der Waals surface area contributed by atoms with Crippen molar-refractivity contribution in [2.45, 2.75) is 43.9 Å². The molecule has 11 nitrogen and oxygen atoms in total. The summed E-state index contributed by atoms with van der Waals surface area (Å²) in [6.45, 7) is 1.01. The zero-order valence-corrected chi connectivity index (χ0v) is 22.7. The molecule has 2 unspecified atom stereocenters. The summed E-state index contributed by atoms with van der Waals surface area (Å²) < 4.78 is 52.9. The average Bonchev–Trinajstić information content (AvgIpc) is 2.93. The van der Waals surface area contributed by atoms with Crippen molar-refractivity contribution in [3.05, 3.63) is 59.4 Å². The van der Waals surface area contributed by atoms with Crippen molar-refractivity contribution < 1.29 is 42.0 Å². The highest BCUT2D eigenvalue weighted by molar-refractivity contribution is 6.58. The first-order valence-electron chi connectivity index (χ1n) is 13.1. The average molecular weight is 598 g/mol. The second-order valence-corrected chi connectivity index (χ2v) is 9.50. The Morgan fingerprint density at radius 1 is 0.952 bits per heavy atom. The predicted octanol–water partition coefficient (Wildman–Crippen LogP) is -0.566. The van der Waals surface area contributed by atoms with Crippen LogP contribution < -0.4 is 33.3 Å². The zero-order valence-electron chi connectivity index (χ0n) is 22.7. The van der Waals surface area contributed by atoms with Gasteiger partial charge >= 0.3 is 13.3 Å². The van der Waals surface area contributed by atoms with Gasteiger partial charge in [-0.3, -0.25) is 14.4 Å². The van der Waals surface area contributed by atoms with Crippen LogP contribution in [0.3, 0.4) is 0 Å². The van der Waals surface area contributed by atoms with Gasteiger partial charge in [-0.05, 0) is 49.1 Å². The molecule has 0 saturated heterocycles. The van der Waals surface area contributed by atoms with Crippen LogP contribution in [0, 0.1) is 5.82 Å². The van der Waals surface area contributed by atoms with Gasteiger partial charge in [0.2, 0.25) is 17.7 Å². The summed E-state index contributed by atoms with van der Waals surface area (Å²) in [6, 6.07) is 4.98. The van der Waals surface area contributed by atoms with E-state index in [0.717, 1.165) is 24.3 Å². The number of anilines is 1. The summed E-state index contributed by atoms with van der Waals surface area (Å²) in [5, 5.41) is 23.3. The van der Waals surface area contributed by atoms with Crippen molar-refractivity contribution in [3.63, 3.8) is 0 Å². The maximum atomic E-state index is 14.2. The Bertz CT molecular complexity index is 1200. The fraction of sp³-hybridized carbons (Fsp3) is 0.423. The quantitative estimate of drug-likeness (QED) is 0.105. The number of halogens is 4. The highest BCUT2D eigenvalue weighted by Gasteiger charge is 2.30. The summed E-state index contributed by atoms with van der Waals surface area (Å²) in [6.07, 6.45) is -4.64. The molecule has 0 spiro atoms. The van der Waals surface area contributed by atoms with Gasteiger partial charge in [0.1, 0.15) is 11.9 Å². The number of hydrogen-bond donors (Lipinski definition) is 7. The van der Waals surface area contributed by atoms with Gasteiger partial charge in [-0.1, -0.05) is 18.2 Å². The summed E-state index contributed by atoms with van der Waals surface area (Å²) in [5.41, 5.74) is 16.1. The van der Waals surface area contributed by atoms with Crippen LogP contribution in [-0.4, -0.2) is 78.1 Å². The second kappa shape index (κ2) is 16.2. The van der Waals surface area contributed by atoms with Crippen molar-refractivity contribution in [2.75, 3.05) is 31.5 Å². The number of nitrogens with two attached hydrogens (primary N) is 3. The van der Waals surface area contributed by atoms with Crippen LogP contribution in [0.25, 0.3) is 0 Å². The molecular formula is C26H35BF4N6O5. The summed E-state index contributed by atoms with van der Waals surface area (Å²) in [5.74, 6) is -2.85. The van der Waals surface area contributed by atoms with E-state index in [-0.39, 0.29) is 63.5 Å². The van der Waals surface area contributed by atoms with Gasteiger partial charge in [0.25, 0.3) is 0 Å². The zero-order chi connectivity index (χ0) is 31.4. The minimum atomic E-state index is -4.52. The highest BCUT2D eigenvalue weighted by atomic mass is 19.4. The number of nitrogens with one attached hydrogen (secondary N) is 2. The van der Waals surface area contributed by atoms with Gasteiger partial charge in [-0.2, -0.15) is 13.2 Å². The molecule has 10 N–H and O–H groups in total. The number of aryl methyl sites for hydroxylation is 1. The number of carbonyl (C=O) groups excluding carboxylic acids is 3. The van der Waals surface area contributed by atoms with E-state index < -0.39 is 54.0 Å². The van der Waals surface area contributed by atoms with Crippen molar-refractivity contribution >= 4 is 36.0 Å². The molecule has 0 bridgehead atoms. The molecule has 3 amide bonds. The largest absolute Gasteiger partial charge is 0.491 e. The van der Waals surface area contributed by atoms with E-state index in [1.807, 2.05) is 0 Å². The number of amides is 3. The van der Waals surface area contributed by atoms with E-state index in [1.165, 1.54) is 23.1 Å². The number of nitrogens with zero attached hydrogens (tertiary/aromatic N) is 1. The molecule has 2 aromatic carbocycles. The van der Waals surface area contributed by atoms with E-state index >= 15 is 0 Å². The minimum absolute atomic E-state index is 0.0505. The minimum Gasteiger partial charge on any atom is -0.423 e. The monoisotopic (exact) mass is 598 g/mol. The molecule has 42 heavy (non-hydrogen) atoms. The topological polar surface area (TPSA) is 197 Å². The van der Waals surface area contributed by atoms with Crippen LogP contribution in [0.2, 0.25) is 0 Å². The Balaban J connectivity index is 2.14. The summed E-state index contributed by atoms with van der Waals surface area (Å²) >= 11 is 0. The molecule has 0 saturated carbocycles. The molecule has 0 fully saturated rings. The normalized spacial score (nSPS) is 12.8.